The minimum atomic E-state index is -0.297. The zero-order chi connectivity index (χ0) is 93.8. The Bertz CT molecular complexity index is 6470. The number of hydrogen-bond donors (Lipinski definition) is 0. The number of ether oxygens (including phenoxy) is 3. The molecule has 12 aromatic rings. The smallest absolute Gasteiger partial charge is 0.289 e. The normalized spacial score (nSPS) is 13.9. The van der Waals surface area contributed by atoms with Gasteiger partial charge in [0.15, 0.2) is 5.76 Å². The molecule has 4 fully saturated rings. The molecule has 0 atom stereocenters. The lowest BCUT2D eigenvalue weighted by molar-refractivity contribution is -0.129. The number of nitrogens with zero attached hydrogens (tertiary/aromatic N) is 19. The molecule has 0 radical (unpaired) electrons. The molecule has 0 saturated carbocycles. The minimum Gasteiger partial charge on any atom is -0.497 e. The van der Waals surface area contributed by atoms with Gasteiger partial charge in [0.05, 0.1) is 88.0 Å². The summed E-state index contributed by atoms with van der Waals surface area (Å²) >= 11 is 18.4. The highest BCUT2D eigenvalue weighted by Gasteiger charge is 2.34. The number of hydrogen-bond acceptors (Lipinski definition) is 23. The summed E-state index contributed by atoms with van der Waals surface area (Å²) in [5, 5.41) is 44.8. The van der Waals surface area contributed by atoms with Crippen LogP contribution in [0.1, 0.15) is 84.4 Å². The first kappa shape index (κ1) is 95.8. The molecule has 4 aliphatic heterocycles. The number of carbonyl (C=O) groups excluding carboxylic acids is 4. The molecule has 0 spiro atoms. The SMILES string of the molecule is CC(=O)N1CCN(c2c(C#N)c(OCCCN(C)C)nc3ccccc23)CC1.CN(C)CCCOc1nc2ccc(Cl)cc2c(N2CCN(C(=O)c3ccc(Cl)c(Cl)c3)CC2)c1C#N.CN(C)CCn1c(=O)c(C#N)c(N2CCN(C(=O)c3ccco3)CC2)c2ccccc21.COc1ccc(C(=O)N2CCN(c3c(C#N)c(=O)n(Cc4ccccc4)c4ccc(C)cc34)CC2)cc1. The summed E-state index contributed by atoms with van der Waals surface area (Å²) in [6, 6.07) is 61.1. The van der Waals surface area contributed by atoms with Gasteiger partial charge in [-0.1, -0.05) is 113 Å². The molecule has 4 aliphatic rings. The number of aryl methyl sites for hydroxylation is 1. The van der Waals surface area contributed by atoms with Crippen molar-refractivity contribution in [1.29, 1.82) is 21.0 Å². The van der Waals surface area contributed by atoms with Crippen LogP contribution in [0, 0.1) is 52.2 Å². The number of carbonyl (C=O) groups is 4. The fourth-order valence-corrected chi connectivity index (χ4v) is 17.2. The van der Waals surface area contributed by atoms with Crippen LogP contribution in [0.4, 0.5) is 22.7 Å². The molecule has 29 nitrogen and oxygen atoms in total. The van der Waals surface area contributed by atoms with Crippen LogP contribution in [-0.4, -0.2) is 264 Å². The molecule has 4 amide bonds. The Morgan fingerprint density at radius 2 is 0.902 bits per heavy atom. The zero-order valence-electron chi connectivity index (χ0n) is 75.6. The van der Waals surface area contributed by atoms with Gasteiger partial charge in [-0.2, -0.15) is 21.0 Å². The second-order valence-corrected chi connectivity index (χ2v) is 34.5. The first-order chi connectivity index (χ1) is 63.8. The average Bonchev–Trinajstić information content (AvgIpc) is 0.753. The number of likely N-dealkylation sites (N-methyl/N-ethyl adjacent to an activating group) is 1. The van der Waals surface area contributed by atoms with E-state index in [-0.39, 0.29) is 45.9 Å². The highest BCUT2D eigenvalue weighted by atomic mass is 35.5. The summed E-state index contributed by atoms with van der Waals surface area (Å²) in [6.07, 6.45) is 3.15. The van der Waals surface area contributed by atoms with E-state index in [1.165, 1.54) is 6.26 Å². The summed E-state index contributed by atoms with van der Waals surface area (Å²) < 4.78 is 25.7. The number of methoxy groups -OCH3 is 1. The molecule has 0 unspecified atom stereocenters. The molecule has 132 heavy (non-hydrogen) atoms. The van der Waals surface area contributed by atoms with E-state index in [2.05, 4.69) is 58.7 Å². The molecule has 7 aromatic carbocycles. The number of anilines is 4. The van der Waals surface area contributed by atoms with Gasteiger partial charge in [-0.15, -0.1) is 0 Å². The van der Waals surface area contributed by atoms with Gasteiger partial charge in [-0.3, -0.25) is 28.8 Å². The number of benzene rings is 7. The Morgan fingerprint density at radius 1 is 0.439 bits per heavy atom. The highest BCUT2D eigenvalue weighted by Crippen LogP contribution is 2.40. The van der Waals surface area contributed by atoms with Crippen molar-refractivity contribution in [3.63, 3.8) is 0 Å². The third kappa shape index (κ3) is 22.6. The van der Waals surface area contributed by atoms with E-state index in [9.17, 15) is 49.8 Å². The van der Waals surface area contributed by atoms with E-state index in [1.54, 1.807) is 93.6 Å². The number of pyridine rings is 4. The summed E-state index contributed by atoms with van der Waals surface area (Å²) in [6.45, 7) is 16.7. The third-order valence-corrected chi connectivity index (χ3v) is 24.5. The summed E-state index contributed by atoms with van der Waals surface area (Å²) in [4.78, 5) is 108. The summed E-state index contributed by atoms with van der Waals surface area (Å²) in [5.41, 5.74) is 9.76. The Hall–Kier alpha value is -13.8. The Labute approximate surface area is 782 Å². The molecule has 4 saturated heterocycles. The molecule has 0 aliphatic carbocycles. The maximum Gasteiger partial charge on any atom is 0.289 e. The quantitative estimate of drug-likeness (QED) is 0.0537. The molecular formula is C100H106Cl3N19O10. The van der Waals surface area contributed by atoms with Crippen molar-refractivity contribution in [3.8, 4) is 41.8 Å². The number of para-hydroxylation sites is 2. The molecule has 16 rings (SSSR count). The lowest BCUT2D eigenvalue weighted by Crippen LogP contribution is -2.49. The van der Waals surface area contributed by atoms with Gasteiger partial charge in [0, 0.05) is 176 Å². The predicted octanol–water partition coefficient (Wildman–Crippen LogP) is 13.7. The number of piperazine rings is 4. The van der Waals surface area contributed by atoms with Crippen LogP contribution >= 0.6 is 34.8 Å². The van der Waals surface area contributed by atoms with E-state index in [4.69, 9.17) is 53.4 Å². The standard InChI is InChI=1S/C30H28N4O3.C26H26Cl3N5O2.C23H25N5O3.C21H27N5O2/c1-21-8-13-27-25(18-21)28(26(19-31)30(36)34(27)20-22-6-4-3-5-7-22)32-14-16-33(17-15-32)29(35)23-9-11-24(37-2)12-10-23;1-32(2)8-3-13-36-25-20(16-30)24(19-15-18(27)5-7-23(19)31-25)33-9-11-34(12-10-33)26(35)17-4-6-21(28)22(29)14-17;1-25(2)9-14-28-19-7-4-3-6-17(19)21(18(16-24)22(28)29)26-10-12-27(13-11-26)23(30)20-8-5-15-31-20;1-16(27)25-10-12-26(13-11-25)20-17-7-4-5-8-19(17)23-21(18(20)15-22)28-14-6-9-24(2)3/h3-13,18H,14-17,20H2,1-2H3;4-7,14-15H,3,8-13H2,1-2H3;3-8,15H,9-14H2,1-2H3;4-5,7-8H,6,9-14H2,1-3H3. The van der Waals surface area contributed by atoms with Gasteiger partial charge in [-0.05, 0) is 165 Å². The van der Waals surface area contributed by atoms with Crippen molar-refractivity contribution < 1.29 is 37.8 Å². The Morgan fingerprint density at radius 3 is 1.42 bits per heavy atom. The van der Waals surface area contributed by atoms with Crippen LogP contribution in [0.3, 0.4) is 0 Å². The maximum atomic E-state index is 13.6. The van der Waals surface area contributed by atoms with Crippen LogP contribution in [0.2, 0.25) is 15.1 Å². The highest BCUT2D eigenvalue weighted by molar-refractivity contribution is 6.42. The number of furan rings is 1. The third-order valence-electron chi connectivity index (χ3n) is 23.6. The van der Waals surface area contributed by atoms with Crippen molar-refractivity contribution in [2.45, 2.75) is 39.8 Å². The molecule has 5 aromatic heterocycles. The van der Waals surface area contributed by atoms with Gasteiger partial charge in [0.25, 0.3) is 28.8 Å². The number of amides is 4. The van der Waals surface area contributed by atoms with Crippen molar-refractivity contribution in [3.05, 3.63) is 262 Å². The second kappa shape index (κ2) is 44.7. The van der Waals surface area contributed by atoms with Crippen LogP contribution < -0.4 is 44.9 Å². The minimum absolute atomic E-state index is 0.0400. The van der Waals surface area contributed by atoms with Crippen LogP contribution in [0.5, 0.6) is 17.5 Å². The average molecular weight is 1840 g/mol. The van der Waals surface area contributed by atoms with Crippen molar-refractivity contribution in [2.75, 3.05) is 207 Å². The second-order valence-electron chi connectivity index (χ2n) is 33.2. The van der Waals surface area contributed by atoms with Gasteiger partial charge in [-0.25, -0.2) is 9.97 Å². The maximum absolute atomic E-state index is 13.6. The van der Waals surface area contributed by atoms with E-state index in [0.29, 0.717) is 215 Å². The van der Waals surface area contributed by atoms with Crippen LogP contribution in [0.15, 0.2) is 190 Å². The number of fused-ring (bicyclic) bond motifs is 4. The molecule has 0 N–H and O–H groups in total. The fourth-order valence-electron chi connectivity index (χ4n) is 16.7. The largest absolute Gasteiger partial charge is 0.497 e. The van der Waals surface area contributed by atoms with Gasteiger partial charge in [0.2, 0.25) is 17.7 Å². The lowest BCUT2D eigenvalue weighted by atomic mass is 10.0. The molecule has 0 bridgehead atoms. The van der Waals surface area contributed by atoms with Gasteiger partial charge in [0.1, 0.15) is 52.3 Å². The monoisotopic (exact) mass is 1840 g/mol. The molecule has 682 valence electrons. The van der Waals surface area contributed by atoms with Gasteiger partial charge < -0.3 is 81.7 Å². The van der Waals surface area contributed by atoms with E-state index in [1.807, 2.05) is 178 Å². The number of halogens is 3. The molecular weight excluding hydrogens is 1730 g/mol. The number of rotatable bonds is 23. The summed E-state index contributed by atoms with van der Waals surface area (Å²) in [7, 11) is 13.6. The summed E-state index contributed by atoms with van der Waals surface area (Å²) in [5.74, 6) is 1.52. The number of aromatic nitrogens is 4. The van der Waals surface area contributed by atoms with E-state index >= 15 is 0 Å². The lowest BCUT2D eigenvalue weighted by Gasteiger charge is -2.37. The van der Waals surface area contributed by atoms with Crippen molar-refractivity contribution in [1.82, 2.24) is 53.4 Å². The van der Waals surface area contributed by atoms with Gasteiger partial charge >= 0.3 is 0 Å². The van der Waals surface area contributed by atoms with E-state index in [0.717, 1.165) is 86.5 Å². The topological polar surface area (TPSA) is 310 Å². The van der Waals surface area contributed by atoms with E-state index < -0.39 is 0 Å². The first-order valence-corrected chi connectivity index (χ1v) is 44.9. The first-order valence-electron chi connectivity index (χ1n) is 43.8. The number of nitriles is 4. The zero-order valence-corrected chi connectivity index (χ0v) is 77.9. The Kier molecular flexibility index (Phi) is 32.5. The molecule has 32 heteroatoms. The predicted molar refractivity (Wildman–Crippen MR) is 517 cm³/mol. The van der Waals surface area contributed by atoms with Crippen molar-refractivity contribution in [2.24, 2.45) is 0 Å². The van der Waals surface area contributed by atoms with Crippen LogP contribution in [-0.2, 0) is 17.9 Å². The van der Waals surface area contributed by atoms with Crippen molar-refractivity contribution >= 4 is 125 Å². The molecule has 9 heterocycles. The van der Waals surface area contributed by atoms with Crippen LogP contribution in [0.25, 0.3) is 43.6 Å². The Balaban J connectivity index is 0.000000150. The fraction of sp³-hybridized carbons (Fsp3) is 0.340.